The second-order valence-electron chi connectivity index (χ2n) is 8.95. The lowest BCUT2D eigenvalue weighted by Crippen LogP contribution is -2.51. The first kappa shape index (κ1) is 22.7. The summed E-state index contributed by atoms with van der Waals surface area (Å²) < 4.78 is 5.13. The normalized spacial score (nSPS) is 21.5. The molecular formula is C22H34N6O4. The fraction of sp³-hybridized carbons (Fsp3) is 0.773. The molecule has 0 unspecified atom stereocenters. The lowest BCUT2D eigenvalue weighted by molar-refractivity contribution is -0.383. The molecule has 0 spiro atoms. The van der Waals surface area contributed by atoms with E-state index in [1.165, 1.54) is 38.4 Å². The molecule has 0 N–H and O–H groups in total. The summed E-state index contributed by atoms with van der Waals surface area (Å²) >= 11 is 0. The van der Waals surface area contributed by atoms with E-state index in [0.29, 0.717) is 50.2 Å². The van der Waals surface area contributed by atoms with Crippen molar-refractivity contribution >= 4 is 23.3 Å². The number of hydrogen-bond donors (Lipinski definition) is 0. The molecule has 3 heterocycles. The van der Waals surface area contributed by atoms with E-state index in [4.69, 9.17) is 4.74 Å². The first-order chi connectivity index (χ1) is 15.6. The molecule has 1 aromatic heterocycles. The fourth-order valence-electron chi connectivity index (χ4n) is 5.32. The molecule has 1 saturated carbocycles. The number of carbonyl (C=O) groups is 1. The predicted molar refractivity (Wildman–Crippen MR) is 121 cm³/mol. The van der Waals surface area contributed by atoms with Gasteiger partial charge in [-0.15, -0.1) is 0 Å². The minimum Gasteiger partial charge on any atom is -0.466 e. The van der Waals surface area contributed by atoms with Crippen molar-refractivity contribution in [2.24, 2.45) is 5.92 Å². The maximum atomic E-state index is 12.1. The van der Waals surface area contributed by atoms with Crippen LogP contribution in [0.4, 0.5) is 17.3 Å². The van der Waals surface area contributed by atoms with Gasteiger partial charge in [0.25, 0.3) is 0 Å². The van der Waals surface area contributed by atoms with E-state index in [2.05, 4.69) is 14.9 Å². The van der Waals surface area contributed by atoms with E-state index in [-0.39, 0.29) is 22.5 Å². The van der Waals surface area contributed by atoms with Gasteiger partial charge in [0.1, 0.15) is 6.33 Å². The zero-order chi connectivity index (χ0) is 22.5. The summed E-state index contributed by atoms with van der Waals surface area (Å²) in [6.07, 6.45) is 9.12. The van der Waals surface area contributed by atoms with E-state index >= 15 is 0 Å². The molecule has 10 heteroatoms. The maximum Gasteiger partial charge on any atom is 0.353 e. The molecular weight excluding hydrogens is 412 g/mol. The molecule has 3 fully saturated rings. The van der Waals surface area contributed by atoms with Crippen LogP contribution in [0.2, 0.25) is 0 Å². The highest BCUT2D eigenvalue weighted by atomic mass is 16.6. The number of carbonyl (C=O) groups excluding carboxylic acids is 1. The molecule has 4 rings (SSSR count). The molecule has 0 bridgehead atoms. The van der Waals surface area contributed by atoms with Crippen LogP contribution in [-0.2, 0) is 9.53 Å². The Balaban J connectivity index is 1.45. The molecule has 0 atom stereocenters. The number of nitrogens with zero attached hydrogens (tertiary/aromatic N) is 6. The van der Waals surface area contributed by atoms with Crippen molar-refractivity contribution in [1.82, 2.24) is 14.9 Å². The number of hydrogen-bond acceptors (Lipinski definition) is 9. The smallest absolute Gasteiger partial charge is 0.353 e. The third kappa shape index (κ3) is 4.95. The number of ether oxygens (including phenoxy) is 1. The van der Waals surface area contributed by atoms with Gasteiger partial charge < -0.3 is 14.5 Å². The quantitative estimate of drug-likeness (QED) is 0.370. The second-order valence-corrected chi connectivity index (χ2v) is 8.95. The van der Waals surface area contributed by atoms with Crippen LogP contribution < -0.4 is 9.80 Å². The maximum absolute atomic E-state index is 12.1. The van der Waals surface area contributed by atoms with Crippen molar-refractivity contribution in [3.63, 3.8) is 0 Å². The standard InChI is InChI=1S/C22H34N6O4/c1-2-32-22(29)17-8-10-26(11-9-17)20-19(28(30)31)21(24-16-23-20)27-14-12-25(13-15-27)18-6-4-3-5-7-18/h16-18H,2-15H2,1H3. The Morgan fingerprint density at radius 2 is 1.59 bits per heavy atom. The third-order valence-corrected chi connectivity index (χ3v) is 7.09. The van der Waals surface area contributed by atoms with Gasteiger partial charge in [-0.05, 0) is 32.6 Å². The molecule has 0 amide bonds. The van der Waals surface area contributed by atoms with E-state index < -0.39 is 0 Å². The van der Waals surface area contributed by atoms with Crippen LogP contribution in [0.1, 0.15) is 51.9 Å². The summed E-state index contributed by atoms with van der Waals surface area (Å²) in [6.45, 7) is 6.53. The van der Waals surface area contributed by atoms with Crippen LogP contribution in [0.15, 0.2) is 6.33 Å². The van der Waals surface area contributed by atoms with E-state index in [0.717, 1.165) is 26.2 Å². The number of nitro groups is 1. The lowest BCUT2D eigenvalue weighted by atomic mass is 9.94. The molecule has 32 heavy (non-hydrogen) atoms. The molecule has 0 radical (unpaired) electrons. The van der Waals surface area contributed by atoms with Gasteiger partial charge in [-0.25, -0.2) is 9.97 Å². The van der Waals surface area contributed by atoms with Crippen molar-refractivity contribution in [3.05, 3.63) is 16.4 Å². The molecule has 1 aromatic rings. The van der Waals surface area contributed by atoms with E-state index in [1.54, 1.807) is 6.92 Å². The van der Waals surface area contributed by atoms with Crippen molar-refractivity contribution in [2.45, 2.75) is 57.9 Å². The van der Waals surface area contributed by atoms with Crippen molar-refractivity contribution in [2.75, 3.05) is 55.7 Å². The number of piperazine rings is 1. The Hall–Kier alpha value is -2.49. The van der Waals surface area contributed by atoms with Gasteiger partial charge >= 0.3 is 11.7 Å². The Morgan fingerprint density at radius 1 is 1.00 bits per heavy atom. The highest BCUT2D eigenvalue weighted by Gasteiger charge is 2.35. The average Bonchev–Trinajstić information content (AvgIpc) is 2.84. The monoisotopic (exact) mass is 446 g/mol. The van der Waals surface area contributed by atoms with Crippen LogP contribution in [0.25, 0.3) is 0 Å². The van der Waals surface area contributed by atoms with Crippen LogP contribution >= 0.6 is 0 Å². The Morgan fingerprint density at radius 3 is 2.16 bits per heavy atom. The van der Waals surface area contributed by atoms with Crippen molar-refractivity contribution in [1.29, 1.82) is 0 Å². The first-order valence-electron chi connectivity index (χ1n) is 12.0. The summed E-state index contributed by atoms with van der Waals surface area (Å²) in [5, 5.41) is 12.1. The van der Waals surface area contributed by atoms with Gasteiger partial charge in [0.2, 0.25) is 11.6 Å². The summed E-state index contributed by atoms with van der Waals surface area (Å²) in [4.78, 5) is 38.9. The zero-order valence-corrected chi connectivity index (χ0v) is 18.9. The summed E-state index contributed by atoms with van der Waals surface area (Å²) in [7, 11) is 0. The molecule has 1 aliphatic carbocycles. The minimum absolute atomic E-state index is 0.0202. The van der Waals surface area contributed by atoms with Gasteiger partial charge in [0.15, 0.2) is 0 Å². The average molecular weight is 447 g/mol. The number of aromatic nitrogens is 2. The molecule has 0 aromatic carbocycles. The molecule has 10 nitrogen and oxygen atoms in total. The summed E-state index contributed by atoms with van der Waals surface area (Å²) in [5.74, 6) is 0.438. The first-order valence-corrected chi connectivity index (χ1v) is 12.0. The van der Waals surface area contributed by atoms with Crippen LogP contribution in [-0.4, -0.2) is 77.7 Å². The number of anilines is 2. The topological polar surface area (TPSA) is 105 Å². The zero-order valence-electron chi connectivity index (χ0n) is 18.9. The van der Waals surface area contributed by atoms with Gasteiger partial charge in [0.05, 0.1) is 17.4 Å². The van der Waals surface area contributed by atoms with Gasteiger partial charge in [-0.3, -0.25) is 19.8 Å². The molecule has 2 aliphatic heterocycles. The number of piperidine rings is 1. The Kier molecular flexibility index (Phi) is 7.39. The second kappa shape index (κ2) is 10.4. The summed E-state index contributed by atoms with van der Waals surface area (Å²) in [5.41, 5.74) is -0.0202. The summed E-state index contributed by atoms with van der Waals surface area (Å²) in [6, 6.07) is 0.655. The number of rotatable bonds is 6. The minimum atomic E-state index is -0.352. The van der Waals surface area contributed by atoms with Crippen LogP contribution in [0, 0.1) is 16.0 Å². The van der Waals surface area contributed by atoms with Crippen molar-refractivity contribution < 1.29 is 14.5 Å². The molecule has 2 saturated heterocycles. The third-order valence-electron chi connectivity index (χ3n) is 7.09. The van der Waals surface area contributed by atoms with Gasteiger partial charge in [-0.2, -0.15) is 0 Å². The Labute approximate surface area is 189 Å². The molecule has 3 aliphatic rings. The SMILES string of the molecule is CCOC(=O)C1CCN(c2ncnc(N3CCN(C4CCCCC4)CC3)c2[N+](=O)[O-])CC1. The van der Waals surface area contributed by atoms with Crippen LogP contribution in [0.5, 0.6) is 0 Å². The van der Waals surface area contributed by atoms with Crippen molar-refractivity contribution in [3.8, 4) is 0 Å². The van der Waals surface area contributed by atoms with Crippen LogP contribution in [0.3, 0.4) is 0 Å². The van der Waals surface area contributed by atoms with E-state index in [1.807, 2.05) is 9.80 Å². The fourth-order valence-corrected chi connectivity index (χ4v) is 5.32. The van der Waals surface area contributed by atoms with Gasteiger partial charge in [-0.1, -0.05) is 19.3 Å². The van der Waals surface area contributed by atoms with E-state index in [9.17, 15) is 14.9 Å². The van der Waals surface area contributed by atoms with Gasteiger partial charge in [0, 0.05) is 45.3 Å². The number of esters is 1. The lowest BCUT2D eigenvalue weighted by Gasteiger charge is -2.41. The largest absolute Gasteiger partial charge is 0.466 e. The molecule has 176 valence electrons. The highest BCUT2D eigenvalue weighted by Crippen LogP contribution is 2.36. The highest BCUT2D eigenvalue weighted by molar-refractivity contribution is 5.74. The predicted octanol–water partition coefficient (Wildman–Crippen LogP) is 2.62. The Bertz CT molecular complexity index is 800.